The smallest absolute Gasteiger partial charge is 0.397 e. The van der Waals surface area contributed by atoms with Crippen LogP contribution in [0.1, 0.15) is 45.7 Å². The summed E-state index contributed by atoms with van der Waals surface area (Å²) in [4.78, 5) is 37.7. The normalized spacial score (nSPS) is 16.4. The molecule has 1 aromatic carbocycles. The first-order valence-electron chi connectivity index (χ1n) is 8.46. The molecule has 2 rings (SSSR count). The summed E-state index contributed by atoms with van der Waals surface area (Å²) in [6.45, 7) is 9.16. The van der Waals surface area contributed by atoms with Crippen molar-refractivity contribution >= 4 is 23.5 Å². The maximum absolute atomic E-state index is 12.5. The minimum atomic E-state index is -0.859. The third-order valence-corrected chi connectivity index (χ3v) is 3.81. The van der Waals surface area contributed by atoms with Crippen LogP contribution in [0.2, 0.25) is 0 Å². The van der Waals surface area contributed by atoms with E-state index in [1.54, 1.807) is 39.8 Å². The van der Waals surface area contributed by atoms with Crippen LogP contribution in [0.25, 0.3) is 0 Å². The molecule has 6 nitrogen and oxygen atoms in total. The lowest BCUT2D eigenvalue weighted by molar-refractivity contribution is -0.162. The Balaban J connectivity index is 2.19. The van der Waals surface area contributed by atoms with Gasteiger partial charge in [0.25, 0.3) is 0 Å². The number of fused-ring (bicyclic) bond motifs is 1. The lowest BCUT2D eigenvalue weighted by atomic mass is 10.1. The van der Waals surface area contributed by atoms with Crippen LogP contribution < -0.4 is 4.90 Å². The number of carbonyl (C=O) groups excluding carboxylic acids is 3. The SMILES string of the molecule is CCOC(=O)Cc1ccc2c(c1)CC(C)N2C(=O)C(=O)OC(C)(C)C. The van der Waals surface area contributed by atoms with Crippen LogP contribution in [0.4, 0.5) is 5.69 Å². The summed E-state index contributed by atoms with van der Waals surface area (Å²) in [5, 5.41) is 0. The van der Waals surface area contributed by atoms with Crippen LogP contribution in [0, 0.1) is 0 Å². The highest BCUT2D eigenvalue weighted by Crippen LogP contribution is 2.33. The van der Waals surface area contributed by atoms with Gasteiger partial charge in [-0.3, -0.25) is 14.5 Å². The molecule has 1 aliphatic heterocycles. The molecule has 0 fully saturated rings. The molecule has 1 aromatic rings. The fourth-order valence-corrected chi connectivity index (χ4v) is 2.90. The standard InChI is InChI=1S/C19H25NO5/c1-6-24-16(21)11-13-7-8-15-14(10-13)9-12(2)20(15)17(22)18(23)25-19(3,4)5/h7-8,10,12H,6,9,11H2,1-5H3. The Bertz CT molecular complexity index is 690. The van der Waals surface area contributed by atoms with Gasteiger partial charge in [0.15, 0.2) is 0 Å². The van der Waals surface area contributed by atoms with E-state index in [-0.39, 0.29) is 18.4 Å². The topological polar surface area (TPSA) is 72.9 Å². The fourth-order valence-electron chi connectivity index (χ4n) is 2.90. The lowest BCUT2D eigenvalue weighted by Crippen LogP contribution is -2.43. The molecule has 1 aliphatic rings. The zero-order valence-electron chi connectivity index (χ0n) is 15.4. The van der Waals surface area contributed by atoms with Gasteiger partial charge in [0.2, 0.25) is 0 Å². The van der Waals surface area contributed by atoms with Crippen molar-refractivity contribution in [3.8, 4) is 0 Å². The number of benzene rings is 1. The van der Waals surface area contributed by atoms with Gasteiger partial charge in [-0.1, -0.05) is 12.1 Å². The van der Waals surface area contributed by atoms with Crippen LogP contribution in [0.3, 0.4) is 0 Å². The maximum atomic E-state index is 12.5. The molecule has 0 saturated heterocycles. The van der Waals surface area contributed by atoms with Gasteiger partial charge < -0.3 is 9.47 Å². The molecule has 6 heteroatoms. The van der Waals surface area contributed by atoms with Gasteiger partial charge in [-0.2, -0.15) is 0 Å². The first kappa shape index (κ1) is 19.0. The lowest BCUT2D eigenvalue weighted by Gasteiger charge is -2.25. The zero-order chi connectivity index (χ0) is 18.8. The van der Waals surface area contributed by atoms with Crippen LogP contribution in [0.5, 0.6) is 0 Å². The second-order valence-electron chi connectivity index (χ2n) is 7.18. The van der Waals surface area contributed by atoms with Crippen LogP contribution in [-0.2, 0) is 36.7 Å². The van der Waals surface area contributed by atoms with Gasteiger partial charge in [0.05, 0.1) is 13.0 Å². The number of anilines is 1. The molecule has 0 spiro atoms. The molecular formula is C19H25NO5. The summed E-state index contributed by atoms with van der Waals surface area (Å²) in [7, 11) is 0. The van der Waals surface area contributed by atoms with E-state index in [4.69, 9.17) is 9.47 Å². The van der Waals surface area contributed by atoms with Crippen molar-refractivity contribution in [2.75, 3.05) is 11.5 Å². The molecule has 1 atom stereocenters. The van der Waals surface area contributed by atoms with Gasteiger partial charge in [-0.25, -0.2) is 4.79 Å². The van der Waals surface area contributed by atoms with E-state index in [0.717, 1.165) is 11.1 Å². The molecule has 0 aromatic heterocycles. The van der Waals surface area contributed by atoms with E-state index in [2.05, 4.69) is 0 Å². The highest BCUT2D eigenvalue weighted by atomic mass is 16.6. The van der Waals surface area contributed by atoms with Gasteiger partial charge in [-0.15, -0.1) is 0 Å². The number of ether oxygens (including phenoxy) is 2. The Hall–Kier alpha value is -2.37. The quantitative estimate of drug-likeness (QED) is 0.620. The first-order valence-corrected chi connectivity index (χ1v) is 8.46. The Kier molecular flexibility index (Phi) is 5.50. The van der Waals surface area contributed by atoms with Crippen LogP contribution >= 0.6 is 0 Å². The average Bonchev–Trinajstić information content (AvgIpc) is 2.79. The number of rotatable bonds is 3. The summed E-state index contributed by atoms with van der Waals surface area (Å²) >= 11 is 0. The Labute approximate surface area is 148 Å². The molecule has 0 bridgehead atoms. The number of nitrogens with zero attached hydrogens (tertiary/aromatic N) is 1. The zero-order valence-corrected chi connectivity index (χ0v) is 15.4. The van der Waals surface area contributed by atoms with Crippen molar-refractivity contribution in [2.45, 2.75) is 59.1 Å². The summed E-state index contributed by atoms with van der Waals surface area (Å²) in [6.07, 6.45) is 0.816. The van der Waals surface area contributed by atoms with E-state index in [1.165, 1.54) is 4.90 Å². The predicted molar refractivity (Wildman–Crippen MR) is 93.3 cm³/mol. The molecule has 1 amide bonds. The van der Waals surface area contributed by atoms with Gasteiger partial charge in [0, 0.05) is 11.7 Å². The van der Waals surface area contributed by atoms with E-state index in [0.29, 0.717) is 18.7 Å². The minimum Gasteiger partial charge on any atom is -0.466 e. The second kappa shape index (κ2) is 7.25. The summed E-state index contributed by atoms with van der Waals surface area (Å²) < 4.78 is 10.1. The molecule has 0 radical (unpaired) electrons. The first-order chi connectivity index (χ1) is 11.6. The maximum Gasteiger partial charge on any atom is 0.397 e. The predicted octanol–water partition coefficient (Wildman–Crippen LogP) is 2.41. The number of hydrogen-bond donors (Lipinski definition) is 0. The van der Waals surface area contributed by atoms with Crippen molar-refractivity contribution in [3.63, 3.8) is 0 Å². The molecule has 0 N–H and O–H groups in total. The third-order valence-electron chi connectivity index (χ3n) is 3.81. The molecule has 1 heterocycles. The molecule has 0 aliphatic carbocycles. The third kappa shape index (κ3) is 4.59. The van der Waals surface area contributed by atoms with Crippen molar-refractivity contribution < 1.29 is 23.9 Å². The van der Waals surface area contributed by atoms with Crippen molar-refractivity contribution in [1.82, 2.24) is 0 Å². The van der Waals surface area contributed by atoms with E-state index >= 15 is 0 Å². The molecule has 25 heavy (non-hydrogen) atoms. The van der Waals surface area contributed by atoms with Crippen molar-refractivity contribution in [3.05, 3.63) is 29.3 Å². The Morgan fingerprint density at radius 1 is 1.24 bits per heavy atom. The monoisotopic (exact) mass is 347 g/mol. The Morgan fingerprint density at radius 2 is 1.92 bits per heavy atom. The number of hydrogen-bond acceptors (Lipinski definition) is 5. The van der Waals surface area contributed by atoms with E-state index in [9.17, 15) is 14.4 Å². The van der Waals surface area contributed by atoms with E-state index < -0.39 is 17.5 Å². The Morgan fingerprint density at radius 3 is 2.52 bits per heavy atom. The van der Waals surface area contributed by atoms with E-state index in [1.807, 2.05) is 13.0 Å². The minimum absolute atomic E-state index is 0.145. The fraction of sp³-hybridized carbons (Fsp3) is 0.526. The molecule has 136 valence electrons. The number of amides is 1. The van der Waals surface area contributed by atoms with Gasteiger partial charge >= 0.3 is 17.8 Å². The van der Waals surface area contributed by atoms with Crippen molar-refractivity contribution in [2.24, 2.45) is 0 Å². The van der Waals surface area contributed by atoms with Gasteiger partial charge in [-0.05, 0) is 58.2 Å². The molecule has 0 saturated carbocycles. The van der Waals surface area contributed by atoms with Crippen LogP contribution in [-0.4, -0.2) is 36.1 Å². The summed E-state index contributed by atoms with van der Waals surface area (Å²) in [5.74, 6) is -1.81. The average molecular weight is 347 g/mol. The molecule has 1 unspecified atom stereocenters. The number of carbonyl (C=O) groups is 3. The second-order valence-corrected chi connectivity index (χ2v) is 7.18. The molecular weight excluding hydrogens is 322 g/mol. The van der Waals surface area contributed by atoms with Gasteiger partial charge in [0.1, 0.15) is 5.60 Å². The summed E-state index contributed by atoms with van der Waals surface area (Å²) in [6, 6.07) is 5.30. The number of esters is 2. The van der Waals surface area contributed by atoms with Crippen molar-refractivity contribution in [1.29, 1.82) is 0 Å². The van der Waals surface area contributed by atoms with Crippen LogP contribution in [0.15, 0.2) is 18.2 Å². The summed E-state index contributed by atoms with van der Waals surface area (Å²) in [5.41, 5.74) is 1.74. The largest absolute Gasteiger partial charge is 0.466 e. The highest BCUT2D eigenvalue weighted by molar-refractivity contribution is 6.38. The highest BCUT2D eigenvalue weighted by Gasteiger charge is 2.36.